The molecule has 0 N–H and O–H groups in total. The van der Waals surface area contributed by atoms with Crippen molar-refractivity contribution < 1.29 is 4.74 Å². The third-order valence-electron chi connectivity index (χ3n) is 3.06. The van der Waals surface area contributed by atoms with E-state index in [0.717, 1.165) is 6.61 Å². The van der Waals surface area contributed by atoms with Crippen molar-refractivity contribution >= 4 is 6.08 Å². The summed E-state index contributed by atoms with van der Waals surface area (Å²) < 4.78 is 5.49. The molecule has 0 amide bonds. The zero-order valence-corrected chi connectivity index (χ0v) is 7.66. The standard InChI is InChI=1S/C12H12O/c1-12(8-13-12)11-7-6-9-4-2-3-5-10(9)11/h2-7,11H,8H2,1H3. The van der Waals surface area contributed by atoms with E-state index in [1.54, 1.807) is 0 Å². The molecule has 1 aliphatic carbocycles. The van der Waals surface area contributed by atoms with Gasteiger partial charge in [-0.25, -0.2) is 0 Å². The molecule has 0 bridgehead atoms. The molecule has 0 aromatic heterocycles. The molecule has 2 atom stereocenters. The van der Waals surface area contributed by atoms with Crippen molar-refractivity contribution in [2.45, 2.75) is 18.4 Å². The van der Waals surface area contributed by atoms with Crippen LogP contribution in [0.5, 0.6) is 0 Å². The molecule has 2 aliphatic rings. The summed E-state index contributed by atoms with van der Waals surface area (Å²) in [6.07, 6.45) is 4.46. The SMILES string of the molecule is CC1(C2C=Cc3ccccc32)CO1. The molecule has 0 saturated carbocycles. The van der Waals surface area contributed by atoms with E-state index in [9.17, 15) is 0 Å². The van der Waals surface area contributed by atoms with Gasteiger partial charge in [-0.2, -0.15) is 0 Å². The molecule has 1 heteroatoms. The predicted octanol–water partition coefficient (Wildman–Crippen LogP) is 2.59. The largest absolute Gasteiger partial charge is 0.369 e. The second kappa shape index (κ2) is 2.24. The van der Waals surface area contributed by atoms with Crippen LogP contribution in [0.4, 0.5) is 0 Å². The first-order valence-electron chi connectivity index (χ1n) is 4.71. The van der Waals surface area contributed by atoms with E-state index in [4.69, 9.17) is 4.74 Å². The highest BCUT2D eigenvalue weighted by atomic mass is 16.6. The van der Waals surface area contributed by atoms with Crippen molar-refractivity contribution in [2.24, 2.45) is 0 Å². The minimum Gasteiger partial charge on any atom is -0.369 e. The third kappa shape index (κ3) is 0.971. The molecule has 1 aliphatic heterocycles. The molecule has 66 valence electrons. The Bertz CT molecular complexity index is 374. The summed E-state index contributed by atoms with van der Waals surface area (Å²) in [5, 5.41) is 0. The lowest BCUT2D eigenvalue weighted by atomic mass is 9.89. The van der Waals surface area contributed by atoms with Gasteiger partial charge >= 0.3 is 0 Å². The van der Waals surface area contributed by atoms with Gasteiger partial charge in [0, 0.05) is 5.92 Å². The molecule has 1 aromatic carbocycles. The molecule has 13 heavy (non-hydrogen) atoms. The van der Waals surface area contributed by atoms with Crippen molar-refractivity contribution in [1.29, 1.82) is 0 Å². The van der Waals surface area contributed by atoms with E-state index in [1.165, 1.54) is 11.1 Å². The van der Waals surface area contributed by atoms with E-state index >= 15 is 0 Å². The molecule has 1 heterocycles. The Balaban J connectivity index is 2.07. The van der Waals surface area contributed by atoms with Crippen LogP contribution in [0, 0.1) is 0 Å². The summed E-state index contributed by atoms with van der Waals surface area (Å²) in [6, 6.07) is 8.55. The predicted molar refractivity (Wildman–Crippen MR) is 52.6 cm³/mol. The number of benzene rings is 1. The Hall–Kier alpha value is -1.08. The van der Waals surface area contributed by atoms with Crippen LogP contribution in [0.15, 0.2) is 30.3 Å². The van der Waals surface area contributed by atoms with Gasteiger partial charge in [-0.15, -0.1) is 0 Å². The molecule has 3 rings (SSSR count). The van der Waals surface area contributed by atoms with E-state index in [2.05, 4.69) is 43.3 Å². The van der Waals surface area contributed by atoms with Gasteiger partial charge in [0.15, 0.2) is 0 Å². The average Bonchev–Trinajstić information content (AvgIpc) is 2.76. The van der Waals surface area contributed by atoms with Gasteiger partial charge in [0.25, 0.3) is 0 Å². The van der Waals surface area contributed by atoms with Gasteiger partial charge in [0.1, 0.15) is 0 Å². The second-order valence-corrected chi connectivity index (χ2v) is 4.07. The van der Waals surface area contributed by atoms with Crippen LogP contribution < -0.4 is 0 Å². The van der Waals surface area contributed by atoms with E-state index in [1.807, 2.05) is 0 Å². The third-order valence-corrected chi connectivity index (χ3v) is 3.06. The molecule has 2 unspecified atom stereocenters. The van der Waals surface area contributed by atoms with Gasteiger partial charge < -0.3 is 4.74 Å². The fourth-order valence-electron chi connectivity index (χ4n) is 2.08. The summed E-state index contributed by atoms with van der Waals surface area (Å²) in [5.41, 5.74) is 2.86. The van der Waals surface area contributed by atoms with Crippen molar-refractivity contribution in [3.63, 3.8) is 0 Å². The van der Waals surface area contributed by atoms with E-state index in [-0.39, 0.29) is 5.60 Å². The number of rotatable bonds is 1. The highest BCUT2D eigenvalue weighted by Gasteiger charge is 2.47. The molecular formula is C12H12O. The van der Waals surface area contributed by atoms with Crippen molar-refractivity contribution in [3.8, 4) is 0 Å². The van der Waals surface area contributed by atoms with Crippen molar-refractivity contribution in [3.05, 3.63) is 41.5 Å². The first-order chi connectivity index (χ1) is 6.30. The van der Waals surface area contributed by atoms with Crippen LogP contribution in [0.1, 0.15) is 24.0 Å². The Morgan fingerprint density at radius 1 is 1.38 bits per heavy atom. The lowest BCUT2D eigenvalue weighted by Gasteiger charge is -2.14. The minimum absolute atomic E-state index is 0.0864. The van der Waals surface area contributed by atoms with Crippen LogP contribution in [-0.4, -0.2) is 12.2 Å². The molecule has 0 spiro atoms. The summed E-state index contributed by atoms with van der Waals surface area (Å²) in [6.45, 7) is 3.08. The van der Waals surface area contributed by atoms with E-state index < -0.39 is 0 Å². The van der Waals surface area contributed by atoms with Gasteiger partial charge in [0.2, 0.25) is 0 Å². The zero-order valence-electron chi connectivity index (χ0n) is 7.66. The van der Waals surface area contributed by atoms with Gasteiger partial charge in [-0.3, -0.25) is 0 Å². The molecule has 1 saturated heterocycles. The fraction of sp³-hybridized carbons (Fsp3) is 0.333. The molecule has 1 nitrogen and oxygen atoms in total. The normalized spacial score (nSPS) is 34.7. The van der Waals surface area contributed by atoms with Crippen LogP contribution in [0.25, 0.3) is 6.08 Å². The molecule has 1 fully saturated rings. The molecule has 1 aromatic rings. The topological polar surface area (TPSA) is 12.5 Å². The maximum Gasteiger partial charge on any atom is 0.0991 e. The van der Waals surface area contributed by atoms with Gasteiger partial charge in [-0.05, 0) is 18.1 Å². The Morgan fingerprint density at radius 3 is 2.92 bits per heavy atom. The van der Waals surface area contributed by atoms with Gasteiger partial charge in [0.05, 0.1) is 12.2 Å². The highest BCUT2D eigenvalue weighted by Crippen LogP contribution is 2.46. The fourth-order valence-corrected chi connectivity index (χ4v) is 2.08. The Kier molecular flexibility index (Phi) is 1.26. The lowest BCUT2D eigenvalue weighted by molar-refractivity contribution is 0.304. The highest BCUT2D eigenvalue weighted by molar-refractivity contribution is 5.63. The number of ether oxygens (including phenoxy) is 1. The summed E-state index contributed by atoms with van der Waals surface area (Å²) in [7, 11) is 0. The summed E-state index contributed by atoms with van der Waals surface area (Å²) in [4.78, 5) is 0. The quantitative estimate of drug-likeness (QED) is 0.593. The van der Waals surface area contributed by atoms with Crippen molar-refractivity contribution in [1.82, 2.24) is 0 Å². The number of fused-ring (bicyclic) bond motifs is 1. The maximum absolute atomic E-state index is 5.49. The molecule has 0 radical (unpaired) electrons. The van der Waals surface area contributed by atoms with Crippen molar-refractivity contribution in [2.75, 3.05) is 6.61 Å². The van der Waals surface area contributed by atoms with Gasteiger partial charge in [-0.1, -0.05) is 36.4 Å². The number of hydrogen-bond acceptors (Lipinski definition) is 1. The van der Waals surface area contributed by atoms with Crippen LogP contribution in [-0.2, 0) is 4.74 Å². The number of hydrogen-bond donors (Lipinski definition) is 0. The van der Waals surface area contributed by atoms with Crippen LogP contribution >= 0.6 is 0 Å². The van der Waals surface area contributed by atoms with Crippen LogP contribution in [0.3, 0.4) is 0 Å². The summed E-state index contributed by atoms with van der Waals surface area (Å²) >= 11 is 0. The first-order valence-corrected chi connectivity index (χ1v) is 4.71. The Morgan fingerprint density at radius 2 is 2.15 bits per heavy atom. The minimum atomic E-state index is 0.0864. The smallest absolute Gasteiger partial charge is 0.0991 e. The maximum atomic E-state index is 5.49. The second-order valence-electron chi connectivity index (χ2n) is 4.07. The van der Waals surface area contributed by atoms with Crippen LogP contribution in [0.2, 0.25) is 0 Å². The Labute approximate surface area is 78.0 Å². The van der Waals surface area contributed by atoms with E-state index in [0.29, 0.717) is 5.92 Å². The summed E-state index contributed by atoms with van der Waals surface area (Å²) in [5.74, 6) is 0.476. The number of epoxide rings is 1. The lowest BCUT2D eigenvalue weighted by Crippen LogP contribution is -2.14. The average molecular weight is 172 g/mol. The first kappa shape index (κ1) is 7.34. The zero-order chi connectivity index (χ0) is 8.89. The molecular weight excluding hydrogens is 160 g/mol. The monoisotopic (exact) mass is 172 g/mol.